The maximum Gasteiger partial charge on any atom is 0.106 e. The second-order valence-electron chi connectivity index (χ2n) is 8.38. The fraction of sp³-hybridized carbons (Fsp3) is 0.944. The predicted octanol–water partition coefficient (Wildman–Crippen LogP) is 3.83. The molecule has 0 N–H and O–H groups in total. The van der Waals surface area contributed by atoms with E-state index in [1.54, 1.807) is 0 Å². The normalized spacial score (nSPS) is 46.3. The number of likely N-dealkylation sites (tertiary alicyclic amines) is 1. The third-order valence-corrected chi connectivity index (χ3v) is 7.10. The Morgan fingerprint density at radius 2 is 1.55 bits per heavy atom. The van der Waals surface area contributed by atoms with Crippen molar-refractivity contribution in [1.29, 1.82) is 5.26 Å². The van der Waals surface area contributed by atoms with Gasteiger partial charge in [-0.3, -0.25) is 4.90 Å². The summed E-state index contributed by atoms with van der Waals surface area (Å²) in [4.78, 5) is 2.48. The largest absolute Gasteiger partial charge is 0.286 e. The van der Waals surface area contributed by atoms with Crippen LogP contribution in [-0.4, -0.2) is 23.5 Å². The van der Waals surface area contributed by atoms with E-state index in [-0.39, 0.29) is 5.54 Å². The topological polar surface area (TPSA) is 27.0 Å². The Labute approximate surface area is 123 Å². The highest BCUT2D eigenvalue weighted by Gasteiger charge is 2.50. The van der Waals surface area contributed by atoms with Crippen molar-refractivity contribution < 1.29 is 0 Å². The molecule has 4 aliphatic carbocycles. The van der Waals surface area contributed by atoms with Crippen LogP contribution in [0.1, 0.15) is 58.3 Å². The van der Waals surface area contributed by atoms with Gasteiger partial charge in [-0.25, -0.2) is 0 Å². The van der Waals surface area contributed by atoms with Gasteiger partial charge in [-0.1, -0.05) is 0 Å². The highest BCUT2D eigenvalue weighted by atomic mass is 15.2. The van der Waals surface area contributed by atoms with Crippen LogP contribution in [0.25, 0.3) is 0 Å². The zero-order valence-corrected chi connectivity index (χ0v) is 12.9. The molecule has 0 amide bonds. The molecule has 1 atom stereocenters. The summed E-state index contributed by atoms with van der Waals surface area (Å²) in [6.07, 6.45) is 11.2. The monoisotopic (exact) mass is 272 g/mol. The van der Waals surface area contributed by atoms with Crippen LogP contribution in [-0.2, 0) is 0 Å². The van der Waals surface area contributed by atoms with E-state index in [4.69, 9.17) is 0 Å². The molecule has 0 aromatic rings. The summed E-state index contributed by atoms with van der Waals surface area (Å²) in [5.74, 6) is 4.87. The van der Waals surface area contributed by atoms with Crippen molar-refractivity contribution in [3.8, 4) is 6.07 Å². The van der Waals surface area contributed by atoms with Crippen LogP contribution < -0.4 is 0 Å². The third kappa shape index (κ3) is 2.01. The van der Waals surface area contributed by atoms with E-state index >= 15 is 0 Å². The molecule has 5 rings (SSSR count). The average molecular weight is 272 g/mol. The van der Waals surface area contributed by atoms with Gasteiger partial charge in [0.1, 0.15) is 5.54 Å². The molecule has 2 heteroatoms. The molecule has 1 saturated heterocycles. The Morgan fingerprint density at radius 3 is 2.05 bits per heavy atom. The first-order chi connectivity index (χ1) is 9.68. The van der Waals surface area contributed by atoms with Gasteiger partial charge in [0.15, 0.2) is 0 Å². The van der Waals surface area contributed by atoms with Crippen LogP contribution in [0.4, 0.5) is 0 Å². The zero-order valence-electron chi connectivity index (χ0n) is 12.9. The lowest BCUT2D eigenvalue weighted by atomic mass is 9.50. The summed E-state index contributed by atoms with van der Waals surface area (Å²) < 4.78 is 0. The van der Waals surface area contributed by atoms with Gasteiger partial charge in [-0.05, 0) is 101 Å². The number of nitrogens with zero attached hydrogens (tertiary/aromatic N) is 2. The minimum Gasteiger partial charge on any atom is -0.286 e. The predicted molar refractivity (Wildman–Crippen MR) is 80.0 cm³/mol. The van der Waals surface area contributed by atoms with Gasteiger partial charge in [0.05, 0.1) is 6.07 Å². The van der Waals surface area contributed by atoms with Gasteiger partial charge in [0.25, 0.3) is 0 Å². The Balaban J connectivity index is 1.51. The molecular formula is C18H28N2. The molecule has 1 heterocycles. The van der Waals surface area contributed by atoms with Gasteiger partial charge in [-0.15, -0.1) is 0 Å². The Hall–Kier alpha value is -0.550. The molecule has 0 spiro atoms. The lowest BCUT2D eigenvalue weighted by molar-refractivity contribution is -0.0536. The van der Waals surface area contributed by atoms with Crippen molar-refractivity contribution in [2.45, 2.75) is 63.8 Å². The molecule has 20 heavy (non-hydrogen) atoms. The van der Waals surface area contributed by atoms with Crippen LogP contribution in [0.2, 0.25) is 0 Å². The molecular weight excluding hydrogens is 244 g/mol. The number of hydrogen-bond acceptors (Lipinski definition) is 2. The van der Waals surface area contributed by atoms with Crippen LogP contribution >= 0.6 is 0 Å². The second-order valence-corrected chi connectivity index (χ2v) is 8.38. The molecule has 4 bridgehead atoms. The fourth-order valence-corrected chi connectivity index (χ4v) is 6.29. The highest BCUT2D eigenvalue weighted by Crippen LogP contribution is 2.58. The molecule has 110 valence electrons. The first-order valence-electron chi connectivity index (χ1n) is 8.84. The quantitative estimate of drug-likeness (QED) is 0.781. The van der Waals surface area contributed by atoms with E-state index in [2.05, 4.69) is 17.9 Å². The molecule has 0 radical (unpaired) electrons. The van der Waals surface area contributed by atoms with Crippen molar-refractivity contribution in [3.05, 3.63) is 0 Å². The number of hydrogen-bond donors (Lipinski definition) is 0. The number of nitriles is 1. The maximum atomic E-state index is 9.81. The van der Waals surface area contributed by atoms with Crippen LogP contribution in [0.3, 0.4) is 0 Å². The Morgan fingerprint density at radius 1 is 1.00 bits per heavy atom. The molecule has 1 unspecified atom stereocenters. The van der Waals surface area contributed by atoms with Gasteiger partial charge < -0.3 is 0 Å². The SMILES string of the molecule is CC(C#N)(CC1C2CC3CC(C2)CC1C3)N1CCCC1. The lowest BCUT2D eigenvalue weighted by Gasteiger charge is -2.56. The maximum absolute atomic E-state index is 9.81. The smallest absolute Gasteiger partial charge is 0.106 e. The van der Waals surface area contributed by atoms with E-state index in [0.717, 1.165) is 49.1 Å². The molecule has 0 aromatic heterocycles. The lowest BCUT2D eigenvalue weighted by Crippen LogP contribution is -2.51. The average Bonchev–Trinajstić information content (AvgIpc) is 2.96. The van der Waals surface area contributed by atoms with Gasteiger partial charge >= 0.3 is 0 Å². The van der Waals surface area contributed by atoms with Crippen LogP contribution in [0.5, 0.6) is 0 Å². The van der Waals surface area contributed by atoms with Crippen molar-refractivity contribution in [2.24, 2.45) is 29.6 Å². The van der Waals surface area contributed by atoms with Crippen molar-refractivity contribution in [1.82, 2.24) is 4.90 Å². The fourth-order valence-electron chi connectivity index (χ4n) is 6.29. The van der Waals surface area contributed by atoms with E-state index in [1.165, 1.54) is 44.9 Å². The van der Waals surface area contributed by atoms with Gasteiger partial charge in [-0.2, -0.15) is 5.26 Å². The standard InChI is InChI=1S/C18H28N2/c1-18(12-19,20-4-2-3-5-20)11-17-15-7-13-6-14(9-15)10-16(17)8-13/h13-17H,2-11H2,1H3. The first-order valence-corrected chi connectivity index (χ1v) is 8.84. The minimum atomic E-state index is -0.184. The minimum absolute atomic E-state index is 0.184. The summed E-state index contributed by atoms with van der Waals surface area (Å²) in [5.41, 5.74) is -0.184. The van der Waals surface area contributed by atoms with E-state index in [0.29, 0.717) is 0 Å². The third-order valence-electron chi connectivity index (χ3n) is 7.10. The summed E-state index contributed by atoms with van der Waals surface area (Å²) in [6.45, 7) is 4.53. The first kappa shape index (κ1) is 13.1. The Bertz CT molecular complexity index is 390. The van der Waals surface area contributed by atoms with Gasteiger partial charge in [0.2, 0.25) is 0 Å². The molecule has 5 fully saturated rings. The number of rotatable bonds is 3. The summed E-state index contributed by atoms with van der Waals surface area (Å²) in [7, 11) is 0. The molecule has 2 nitrogen and oxygen atoms in total. The van der Waals surface area contributed by atoms with Crippen LogP contribution in [0.15, 0.2) is 0 Å². The van der Waals surface area contributed by atoms with E-state index in [9.17, 15) is 5.26 Å². The molecule has 0 aromatic carbocycles. The van der Waals surface area contributed by atoms with Crippen molar-refractivity contribution in [2.75, 3.05) is 13.1 Å². The zero-order chi connectivity index (χ0) is 13.7. The summed E-state index contributed by atoms with van der Waals surface area (Å²) in [6, 6.07) is 2.71. The second kappa shape index (κ2) is 4.73. The van der Waals surface area contributed by atoms with E-state index in [1.807, 2.05) is 0 Å². The van der Waals surface area contributed by atoms with Gasteiger partial charge in [0, 0.05) is 0 Å². The van der Waals surface area contributed by atoms with Crippen molar-refractivity contribution >= 4 is 0 Å². The van der Waals surface area contributed by atoms with E-state index < -0.39 is 0 Å². The molecule has 5 aliphatic rings. The van der Waals surface area contributed by atoms with Crippen molar-refractivity contribution in [3.63, 3.8) is 0 Å². The summed E-state index contributed by atoms with van der Waals surface area (Å²) in [5, 5.41) is 9.81. The highest BCUT2D eigenvalue weighted by molar-refractivity contribution is 5.10. The Kier molecular flexibility index (Phi) is 3.11. The van der Waals surface area contributed by atoms with Crippen LogP contribution in [0, 0.1) is 40.9 Å². The summed E-state index contributed by atoms with van der Waals surface area (Å²) >= 11 is 0. The molecule has 4 saturated carbocycles. The molecule has 1 aliphatic heterocycles.